The van der Waals surface area contributed by atoms with Gasteiger partial charge in [0.1, 0.15) is 11.5 Å². The maximum Gasteiger partial charge on any atom is 0.272 e. The molecule has 0 radical (unpaired) electrons. The fourth-order valence-electron chi connectivity index (χ4n) is 3.63. The van der Waals surface area contributed by atoms with Gasteiger partial charge < -0.3 is 14.2 Å². The fourth-order valence-corrected chi connectivity index (χ4v) is 3.63. The Labute approximate surface area is 156 Å². The van der Waals surface area contributed by atoms with Crippen molar-refractivity contribution in [2.24, 2.45) is 0 Å². The Bertz CT molecular complexity index is 796. The summed E-state index contributed by atoms with van der Waals surface area (Å²) in [6.07, 6.45) is 5.53. The van der Waals surface area contributed by atoms with E-state index in [1.54, 1.807) is 12.0 Å². The molecule has 4 rings (SSSR count). The minimum absolute atomic E-state index is 0.179. The van der Waals surface area contributed by atoms with Crippen molar-refractivity contribution < 1.29 is 18.4 Å². The monoisotopic (exact) mass is 374 g/mol. The number of aromatic nitrogens is 3. The number of ether oxygens (including phenoxy) is 1. The molecule has 0 spiro atoms. The van der Waals surface area contributed by atoms with Crippen molar-refractivity contribution in [1.82, 2.24) is 20.0 Å². The molecule has 7 nitrogen and oxygen atoms in total. The van der Waals surface area contributed by atoms with Crippen LogP contribution in [0.5, 0.6) is 0 Å². The lowest BCUT2D eigenvalue weighted by Crippen LogP contribution is -2.46. The van der Waals surface area contributed by atoms with E-state index in [1.165, 1.54) is 12.1 Å². The summed E-state index contributed by atoms with van der Waals surface area (Å²) in [4.78, 5) is 23.0. The molecule has 1 saturated carbocycles. The van der Waals surface area contributed by atoms with Crippen LogP contribution < -0.4 is 0 Å². The Morgan fingerprint density at radius 3 is 2.78 bits per heavy atom. The quantitative estimate of drug-likeness (QED) is 0.773. The van der Waals surface area contributed by atoms with Gasteiger partial charge in [-0.1, -0.05) is 5.16 Å². The molecule has 0 atom stereocenters. The highest BCUT2D eigenvalue weighted by molar-refractivity contribution is 5.92. The minimum Gasteiger partial charge on any atom is -0.385 e. The Morgan fingerprint density at radius 1 is 1.37 bits per heavy atom. The fraction of sp³-hybridized carbons (Fsp3) is 0.579. The van der Waals surface area contributed by atoms with Gasteiger partial charge in [0.15, 0.2) is 5.82 Å². The van der Waals surface area contributed by atoms with Crippen LogP contribution in [0.1, 0.15) is 60.2 Å². The summed E-state index contributed by atoms with van der Waals surface area (Å²) in [6.45, 7) is 1.73. The molecule has 27 heavy (non-hydrogen) atoms. The van der Waals surface area contributed by atoms with Gasteiger partial charge in [-0.15, -0.1) is 0 Å². The number of carbonyl (C=O) groups excluding carboxylic acids is 1. The van der Waals surface area contributed by atoms with Crippen LogP contribution in [0.4, 0.5) is 4.39 Å². The van der Waals surface area contributed by atoms with Crippen LogP contribution in [0.3, 0.4) is 0 Å². The zero-order valence-electron chi connectivity index (χ0n) is 15.4. The zero-order chi connectivity index (χ0) is 18.9. The third-order valence-electron chi connectivity index (χ3n) is 5.58. The second-order valence-electron chi connectivity index (χ2n) is 7.41. The van der Waals surface area contributed by atoms with Crippen LogP contribution in [0.25, 0.3) is 0 Å². The number of amides is 1. The molecule has 0 unspecified atom stereocenters. The van der Waals surface area contributed by atoms with Crippen LogP contribution in [-0.2, 0) is 10.2 Å². The van der Waals surface area contributed by atoms with E-state index in [0.29, 0.717) is 25.6 Å². The number of nitrogens with zero attached hydrogens (tertiary/aromatic N) is 4. The Balaban J connectivity index is 1.48. The molecule has 2 aliphatic rings. The molecule has 0 aromatic carbocycles. The lowest BCUT2D eigenvalue weighted by atomic mass is 9.75. The summed E-state index contributed by atoms with van der Waals surface area (Å²) >= 11 is 0. The summed E-state index contributed by atoms with van der Waals surface area (Å²) in [5, 5.41) is 4.26. The van der Waals surface area contributed by atoms with Crippen molar-refractivity contribution in [3.8, 4) is 0 Å². The molecule has 1 saturated heterocycles. The normalized spacial score (nSPS) is 19.3. The first kappa shape index (κ1) is 18.0. The van der Waals surface area contributed by atoms with E-state index in [9.17, 15) is 9.18 Å². The van der Waals surface area contributed by atoms with Crippen LogP contribution in [0, 0.1) is 5.82 Å². The van der Waals surface area contributed by atoms with Crippen LogP contribution in [0.2, 0.25) is 0 Å². The van der Waals surface area contributed by atoms with E-state index in [0.717, 1.165) is 50.0 Å². The van der Waals surface area contributed by atoms with E-state index >= 15 is 0 Å². The molecule has 1 aliphatic heterocycles. The van der Waals surface area contributed by atoms with Gasteiger partial charge in [0, 0.05) is 38.1 Å². The number of hydrogen-bond donors (Lipinski definition) is 0. The molecule has 2 fully saturated rings. The van der Waals surface area contributed by atoms with E-state index in [-0.39, 0.29) is 17.0 Å². The summed E-state index contributed by atoms with van der Waals surface area (Å²) in [7, 11) is 1.68. The van der Waals surface area contributed by atoms with Gasteiger partial charge in [-0.3, -0.25) is 4.79 Å². The van der Waals surface area contributed by atoms with Crippen molar-refractivity contribution in [2.45, 2.75) is 43.4 Å². The second kappa shape index (κ2) is 7.34. The number of pyridine rings is 1. The molecule has 0 N–H and O–H groups in total. The second-order valence-corrected chi connectivity index (χ2v) is 7.41. The zero-order valence-corrected chi connectivity index (χ0v) is 15.4. The third-order valence-corrected chi connectivity index (χ3v) is 5.58. The summed E-state index contributed by atoms with van der Waals surface area (Å²) in [5.74, 6) is 1.25. The topological polar surface area (TPSA) is 81.4 Å². The minimum atomic E-state index is -0.452. The van der Waals surface area contributed by atoms with Crippen LogP contribution >= 0.6 is 0 Å². The van der Waals surface area contributed by atoms with Crippen molar-refractivity contribution in [1.29, 1.82) is 0 Å². The number of likely N-dealkylation sites (tertiary alicyclic amines) is 1. The molecular formula is C19H23FN4O3. The number of halogens is 1. The molecule has 8 heteroatoms. The van der Waals surface area contributed by atoms with Gasteiger partial charge in [-0.25, -0.2) is 9.37 Å². The number of rotatable bonds is 6. The van der Waals surface area contributed by atoms with E-state index < -0.39 is 5.82 Å². The van der Waals surface area contributed by atoms with Crippen molar-refractivity contribution in [3.05, 3.63) is 41.6 Å². The van der Waals surface area contributed by atoms with Crippen molar-refractivity contribution in [2.75, 3.05) is 26.8 Å². The summed E-state index contributed by atoms with van der Waals surface area (Å²) in [5.41, 5.74) is 0.0102. The lowest BCUT2D eigenvalue weighted by molar-refractivity contribution is 0.0610. The number of hydrogen-bond acceptors (Lipinski definition) is 6. The first-order valence-corrected chi connectivity index (χ1v) is 9.35. The van der Waals surface area contributed by atoms with Gasteiger partial charge in [0.05, 0.1) is 6.20 Å². The molecule has 1 amide bonds. The van der Waals surface area contributed by atoms with Crippen molar-refractivity contribution in [3.63, 3.8) is 0 Å². The molecule has 0 bridgehead atoms. The van der Waals surface area contributed by atoms with Crippen molar-refractivity contribution >= 4 is 5.91 Å². The molecule has 144 valence electrons. The lowest BCUT2D eigenvalue weighted by Gasteiger charge is -2.39. The Kier molecular flexibility index (Phi) is 4.90. The molecular weight excluding hydrogens is 351 g/mol. The highest BCUT2D eigenvalue weighted by Crippen LogP contribution is 2.42. The molecule has 2 aromatic heterocycles. The largest absolute Gasteiger partial charge is 0.385 e. The average Bonchev–Trinajstić information content (AvgIpc) is 3.43. The highest BCUT2D eigenvalue weighted by atomic mass is 19.1. The van der Waals surface area contributed by atoms with E-state index in [1.807, 2.05) is 0 Å². The van der Waals surface area contributed by atoms with Gasteiger partial charge in [-0.2, -0.15) is 4.98 Å². The predicted octanol–water partition coefficient (Wildman–Crippen LogP) is 2.69. The van der Waals surface area contributed by atoms with Crippen LogP contribution in [0.15, 0.2) is 22.9 Å². The highest BCUT2D eigenvalue weighted by Gasteiger charge is 2.42. The van der Waals surface area contributed by atoms with E-state index in [2.05, 4.69) is 15.1 Å². The van der Waals surface area contributed by atoms with Gasteiger partial charge in [-0.05, 0) is 44.2 Å². The Morgan fingerprint density at radius 2 is 2.15 bits per heavy atom. The first-order valence-electron chi connectivity index (χ1n) is 9.35. The predicted molar refractivity (Wildman–Crippen MR) is 93.8 cm³/mol. The van der Waals surface area contributed by atoms with Crippen LogP contribution in [-0.4, -0.2) is 52.7 Å². The molecule has 2 aromatic rings. The molecule has 1 aliphatic carbocycles. The average molecular weight is 374 g/mol. The number of piperidine rings is 1. The SMILES string of the molecule is COCCC1(c2noc(C3CC3)n2)CCN(C(=O)c2ccc(F)cn2)CC1. The summed E-state index contributed by atoms with van der Waals surface area (Å²) in [6, 6.07) is 2.68. The maximum absolute atomic E-state index is 13.0. The maximum atomic E-state index is 13.0. The molecule has 3 heterocycles. The number of methoxy groups -OCH3 is 1. The van der Waals surface area contributed by atoms with Gasteiger partial charge in [0.25, 0.3) is 5.91 Å². The van der Waals surface area contributed by atoms with E-state index in [4.69, 9.17) is 9.26 Å². The first-order chi connectivity index (χ1) is 13.1. The third kappa shape index (κ3) is 3.71. The van der Waals surface area contributed by atoms with Gasteiger partial charge >= 0.3 is 0 Å². The smallest absolute Gasteiger partial charge is 0.272 e. The Hall–Kier alpha value is -2.35. The standard InChI is InChI=1S/C19H23FN4O3/c1-26-11-8-19(18-22-16(27-23-18)13-2-3-13)6-9-24(10-7-19)17(25)15-5-4-14(20)12-21-15/h4-5,12-13H,2-3,6-11H2,1H3. The number of carbonyl (C=O) groups is 1. The summed E-state index contributed by atoms with van der Waals surface area (Å²) < 4.78 is 23.8. The van der Waals surface area contributed by atoms with Gasteiger partial charge in [0.2, 0.25) is 5.89 Å².